The van der Waals surface area contributed by atoms with Gasteiger partial charge in [0.05, 0.1) is 6.54 Å². The quantitative estimate of drug-likeness (QED) is 0.867. The van der Waals surface area contributed by atoms with Crippen LogP contribution in [0.5, 0.6) is 0 Å². The number of nitrogens with one attached hydrogen (secondary N) is 1. The third-order valence-electron chi connectivity index (χ3n) is 4.55. The molecule has 1 aromatic heterocycles. The minimum atomic E-state index is -0.280. The first-order valence-corrected chi connectivity index (χ1v) is 8.47. The van der Waals surface area contributed by atoms with Crippen molar-refractivity contribution in [3.63, 3.8) is 0 Å². The van der Waals surface area contributed by atoms with E-state index >= 15 is 0 Å². The first kappa shape index (κ1) is 20.3. The number of carbonyl (C=O) groups is 1. The zero-order valence-corrected chi connectivity index (χ0v) is 15.6. The molecule has 140 valence electrons. The first-order chi connectivity index (χ1) is 12.1. The summed E-state index contributed by atoms with van der Waals surface area (Å²) in [6.07, 6.45) is 3.59. The van der Waals surface area contributed by atoms with Gasteiger partial charge in [0.15, 0.2) is 0 Å². The number of pyridine rings is 1. The lowest BCUT2D eigenvalue weighted by Gasteiger charge is -2.36. The van der Waals surface area contributed by atoms with Gasteiger partial charge in [-0.25, -0.2) is 4.39 Å². The number of aromatic nitrogens is 1. The van der Waals surface area contributed by atoms with Gasteiger partial charge in [-0.15, -0.1) is 12.4 Å². The molecule has 2 heterocycles. The summed E-state index contributed by atoms with van der Waals surface area (Å²) in [7, 11) is 1.72. The van der Waals surface area contributed by atoms with E-state index in [2.05, 4.69) is 15.2 Å². The van der Waals surface area contributed by atoms with E-state index in [0.29, 0.717) is 12.1 Å². The second kappa shape index (κ2) is 9.62. The largest absolute Gasteiger partial charge is 0.340 e. The van der Waals surface area contributed by atoms with E-state index in [1.807, 2.05) is 18.3 Å². The molecule has 3 rings (SSSR count). The third kappa shape index (κ3) is 5.00. The maximum absolute atomic E-state index is 13.8. The summed E-state index contributed by atoms with van der Waals surface area (Å²) in [5.74, 6) is -0.295. The van der Waals surface area contributed by atoms with Gasteiger partial charge in [-0.05, 0) is 17.7 Å². The molecule has 5 nitrogen and oxygen atoms in total. The lowest BCUT2D eigenvalue weighted by Crippen LogP contribution is -2.49. The summed E-state index contributed by atoms with van der Waals surface area (Å²) in [6, 6.07) is 10.6. The molecule has 1 N–H and O–H groups in total. The number of piperazine rings is 1. The summed E-state index contributed by atoms with van der Waals surface area (Å²) < 4.78 is 13.8. The van der Waals surface area contributed by atoms with Gasteiger partial charge < -0.3 is 10.2 Å². The maximum atomic E-state index is 13.8. The van der Waals surface area contributed by atoms with Crippen LogP contribution in [0.2, 0.25) is 0 Å². The van der Waals surface area contributed by atoms with Crippen molar-refractivity contribution in [1.29, 1.82) is 0 Å². The Morgan fingerprint density at radius 2 is 2.15 bits per heavy atom. The number of hydrogen-bond donors (Lipinski definition) is 1. The smallest absolute Gasteiger partial charge is 0.236 e. The van der Waals surface area contributed by atoms with Gasteiger partial charge in [-0.3, -0.25) is 14.7 Å². The Bertz CT molecular complexity index is 716. The Labute approximate surface area is 159 Å². The minimum absolute atomic E-state index is 0. The van der Waals surface area contributed by atoms with E-state index in [9.17, 15) is 9.18 Å². The Hall–Kier alpha value is -2.02. The molecular formula is C19H24ClFN4O. The summed E-state index contributed by atoms with van der Waals surface area (Å²) >= 11 is 0. The van der Waals surface area contributed by atoms with Crippen molar-refractivity contribution in [2.45, 2.75) is 12.6 Å². The van der Waals surface area contributed by atoms with Crippen LogP contribution in [0, 0.1) is 5.82 Å². The van der Waals surface area contributed by atoms with Crippen molar-refractivity contribution in [2.24, 2.45) is 0 Å². The minimum Gasteiger partial charge on any atom is -0.340 e. The van der Waals surface area contributed by atoms with Crippen LogP contribution in [-0.4, -0.2) is 53.9 Å². The Kier molecular flexibility index (Phi) is 7.50. The molecule has 0 aliphatic carbocycles. The number of benzene rings is 1. The average molecular weight is 379 g/mol. The lowest BCUT2D eigenvalue weighted by molar-refractivity contribution is -0.132. The van der Waals surface area contributed by atoms with Crippen LogP contribution < -0.4 is 5.32 Å². The maximum Gasteiger partial charge on any atom is 0.236 e. The molecule has 1 unspecified atom stereocenters. The van der Waals surface area contributed by atoms with E-state index < -0.39 is 0 Å². The van der Waals surface area contributed by atoms with Crippen LogP contribution in [-0.2, 0) is 11.3 Å². The monoisotopic (exact) mass is 378 g/mol. The van der Waals surface area contributed by atoms with Crippen molar-refractivity contribution in [1.82, 2.24) is 20.1 Å². The summed E-state index contributed by atoms with van der Waals surface area (Å²) in [5, 5.41) is 3.37. The molecule has 0 saturated carbocycles. The standard InChI is InChI=1S/C19H23FN4O.ClH/c1-23(13-16-5-2-3-7-17(16)20)19(25)14-24-10-9-22-12-18(24)15-6-4-8-21-11-15;/h2-8,11,18,22H,9-10,12-14H2,1H3;1H. The molecule has 1 saturated heterocycles. The zero-order valence-electron chi connectivity index (χ0n) is 14.8. The molecule has 2 aromatic rings. The zero-order chi connectivity index (χ0) is 17.6. The van der Waals surface area contributed by atoms with Crippen LogP contribution >= 0.6 is 12.4 Å². The van der Waals surface area contributed by atoms with E-state index in [0.717, 1.165) is 25.2 Å². The van der Waals surface area contributed by atoms with Gasteiger partial charge in [0.2, 0.25) is 5.91 Å². The number of likely N-dealkylation sites (N-methyl/N-ethyl adjacent to an activating group) is 1. The van der Waals surface area contributed by atoms with Gasteiger partial charge in [-0.2, -0.15) is 0 Å². The van der Waals surface area contributed by atoms with Crippen molar-refractivity contribution in [3.8, 4) is 0 Å². The molecule has 0 radical (unpaired) electrons. The third-order valence-corrected chi connectivity index (χ3v) is 4.55. The van der Waals surface area contributed by atoms with Crippen molar-refractivity contribution >= 4 is 18.3 Å². The Morgan fingerprint density at radius 1 is 1.35 bits per heavy atom. The van der Waals surface area contributed by atoms with Gasteiger partial charge in [0.1, 0.15) is 5.82 Å². The molecule has 1 fully saturated rings. The molecular weight excluding hydrogens is 355 g/mol. The predicted molar refractivity (Wildman–Crippen MR) is 102 cm³/mol. The molecule has 1 aromatic carbocycles. The average Bonchev–Trinajstić information content (AvgIpc) is 2.64. The van der Waals surface area contributed by atoms with Crippen LogP contribution in [0.3, 0.4) is 0 Å². The molecule has 0 spiro atoms. The number of nitrogens with zero attached hydrogens (tertiary/aromatic N) is 3. The number of carbonyl (C=O) groups excluding carboxylic acids is 1. The number of halogens is 2. The second-order valence-electron chi connectivity index (χ2n) is 6.32. The normalized spacial score (nSPS) is 17.4. The number of amides is 1. The lowest BCUT2D eigenvalue weighted by atomic mass is 10.1. The van der Waals surface area contributed by atoms with Gasteiger partial charge in [0, 0.05) is 57.2 Å². The number of hydrogen-bond acceptors (Lipinski definition) is 4. The van der Waals surface area contributed by atoms with Gasteiger partial charge >= 0.3 is 0 Å². The van der Waals surface area contributed by atoms with Crippen LogP contribution in [0.1, 0.15) is 17.2 Å². The second-order valence-corrected chi connectivity index (χ2v) is 6.32. The molecule has 26 heavy (non-hydrogen) atoms. The summed E-state index contributed by atoms with van der Waals surface area (Å²) in [5.41, 5.74) is 1.63. The van der Waals surface area contributed by atoms with Crippen LogP contribution in [0.25, 0.3) is 0 Å². The fraction of sp³-hybridized carbons (Fsp3) is 0.368. The summed E-state index contributed by atoms with van der Waals surface area (Å²) in [6.45, 7) is 3.01. The van der Waals surface area contributed by atoms with Crippen molar-refractivity contribution in [3.05, 3.63) is 65.7 Å². The fourth-order valence-electron chi connectivity index (χ4n) is 3.10. The Balaban J connectivity index is 0.00000243. The van der Waals surface area contributed by atoms with E-state index in [-0.39, 0.29) is 36.7 Å². The highest BCUT2D eigenvalue weighted by atomic mass is 35.5. The predicted octanol–water partition coefficient (Wildman–Crippen LogP) is 2.25. The number of rotatable bonds is 5. The SMILES string of the molecule is CN(Cc1ccccc1F)C(=O)CN1CCNCC1c1cccnc1.Cl. The van der Waals surface area contributed by atoms with E-state index in [1.54, 1.807) is 36.3 Å². The fourth-order valence-corrected chi connectivity index (χ4v) is 3.10. The summed E-state index contributed by atoms with van der Waals surface area (Å²) in [4.78, 5) is 20.6. The molecule has 7 heteroatoms. The highest BCUT2D eigenvalue weighted by Gasteiger charge is 2.26. The molecule has 1 aliphatic heterocycles. The molecule has 0 bridgehead atoms. The van der Waals surface area contributed by atoms with Crippen molar-refractivity contribution < 1.29 is 9.18 Å². The van der Waals surface area contributed by atoms with Gasteiger partial charge in [-0.1, -0.05) is 24.3 Å². The van der Waals surface area contributed by atoms with E-state index in [1.165, 1.54) is 6.07 Å². The van der Waals surface area contributed by atoms with E-state index in [4.69, 9.17) is 0 Å². The highest BCUT2D eigenvalue weighted by Crippen LogP contribution is 2.21. The molecule has 1 amide bonds. The van der Waals surface area contributed by atoms with Crippen LogP contribution in [0.15, 0.2) is 48.8 Å². The Morgan fingerprint density at radius 3 is 2.88 bits per heavy atom. The van der Waals surface area contributed by atoms with Crippen LogP contribution in [0.4, 0.5) is 4.39 Å². The topological polar surface area (TPSA) is 48.5 Å². The molecule has 1 aliphatic rings. The van der Waals surface area contributed by atoms with Crippen molar-refractivity contribution in [2.75, 3.05) is 33.2 Å². The first-order valence-electron chi connectivity index (χ1n) is 8.47. The van der Waals surface area contributed by atoms with Gasteiger partial charge in [0.25, 0.3) is 0 Å². The highest BCUT2D eigenvalue weighted by molar-refractivity contribution is 5.85. The molecule has 1 atom stereocenters.